The van der Waals surface area contributed by atoms with Crippen molar-refractivity contribution in [2.45, 2.75) is 32.4 Å². The molecule has 0 saturated heterocycles. The number of benzene rings is 1. The molecule has 1 aromatic rings. The summed E-state index contributed by atoms with van der Waals surface area (Å²) in [6, 6.07) is 8.73. The Labute approximate surface area is 99.8 Å². The topological polar surface area (TPSA) is 32.3 Å². The molecule has 2 atom stereocenters. The van der Waals surface area contributed by atoms with Crippen LogP contribution in [0.25, 0.3) is 0 Å². The fraction of sp³-hybridized carbons (Fsp3) is 0.500. The molecule has 0 bridgehead atoms. The molecule has 0 unspecified atom stereocenters. The van der Waals surface area contributed by atoms with Crippen molar-refractivity contribution in [3.8, 4) is 0 Å². The SMILES string of the molecule is C[C@@H](O)CN[C@@H](C)Cc1ccc(Br)cc1. The molecular weight excluding hydrogens is 254 g/mol. The highest BCUT2D eigenvalue weighted by Crippen LogP contribution is 2.11. The Morgan fingerprint density at radius 1 is 1.27 bits per heavy atom. The van der Waals surface area contributed by atoms with Crippen LogP contribution in [0.3, 0.4) is 0 Å². The normalized spacial score (nSPS) is 14.9. The van der Waals surface area contributed by atoms with Crippen LogP contribution in [0, 0.1) is 0 Å². The molecule has 0 saturated carbocycles. The molecule has 0 aliphatic heterocycles. The van der Waals surface area contributed by atoms with Crippen molar-refractivity contribution >= 4 is 15.9 Å². The second kappa shape index (κ2) is 6.26. The van der Waals surface area contributed by atoms with Crippen LogP contribution in [0.15, 0.2) is 28.7 Å². The lowest BCUT2D eigenvalue weighted by molar-refractivity contribution is 0.187. The quantitative estimate of drug-likeness (QED) is 0.862. The summed E-state index contributed by atoms with van der Waals surface area (Å²) in [5.41, 5.74) is 1.31. The van der Waals surface area contributed by atoms with Crippen molar-refractivity contribution in [1.29, 1.82) is 0 Å². The Hall–Kier alpha value is -0.380. The summed E-state index contributed by atoms with van der Waals surface area (Å²) in [5, 5.41) is 12.4. The molecule has 15 heavy (non-hydrogen) atoms. The van der Waals surface area contributed by atoms with Crippen LogP contribution in [0.5, 0.6) is 0 Å². The highest BCUT2D eigenvalue weighted by atomic mass is 79.9. The van der Waals surface area contributed by atoms with Crippen LogP contribution in [0.1, 0.15) is 19.4 Å². The summed E-state index contributed by atoms with van der Waals surface area (Å²) in [7, 11) is 0. The van der Waals surface area contributed by atoms with Crippen LogP contribution in [-0.4, -0.2) is 23.8 Å². The molecule has 2 nitrogen and oxygen atoms in total. The van der Waals surface area contributed by atoms with E-state index in [1.54, 1.807) is 6.92 Å². The van der Waals surface area contributed by atoms with Gasteiger partial charge in [-0.15, -0.1) is 0 Å². The fourth-order valence-electron chi connectivity index (χ4n) is 1.42. The maximum absolute atomic E-state index is 9.14. The number of aliphatic hydroxyl groups is 1. The van der Waals surface area contributed by atoms with Gasteiger partial charge in [-0.05, 0) is 38.0 Å². The molecule has 0 heterocycles. The first-order valence-electron chi connectivity index (χ1n) is 5.24. The summed E-state index contributed by atoms with van der Waals surface area (Å²) < 4.78 is 1.11. The van der Waals surface area contributed by atoms with E-state index in [2.05, 4.69) is 52.4 Å². The molecule has 84 valence electrons. The Balaban J connectivity index is 2.37. The molecule has 0 amide bonds. The van der Waals surface area contributed by atoms with Crippen LogP contribution < -0.4 is 5.32 Å². The van der Waals surface area contributed by atoms with Gasteiger partial charge in [-0.25, -0.2) is 0 Å². The molecular formula is C12H18BrNO. The van der Waals surface area contributed by atoms with Gasteiger partial charge in [0.1, 0.15) is 0 Å². The summed E-state index contributed by atoms with van der Waals surface area (Å²) in [6.45, 7) is 4.57. The minimum absolute atomic E-state index is 0.280. The zero-order valence-corrected chi connectivity index (χ0v) is 10.8. The summed E-state index contributed by atoms with van der Waals surface area (Å²) in [5.74, 6) is 0. The van der Waals surface area contributed by atoms with Gasteiger partial charge >= 0.3 is 0 Å². The average Bonchev–Trinajstić information content (AvgIpc) is 2.19. The third kappa shape index (κ3) is 5.30. The lowest BCUT2D eigenvalue weighted by Crippen LogP contribution is -2.33. The average molecular weight is 272 g/mol. The second-order valence-electron chi connectivity index (χ2n) is 3.99. The van der Waals surface area contributed by atoms with Gasteiger partial charge in [0.2, 0.25) is 0 Å². The third-order valence-electron chi connectivity index (χ3n) is 2.22. The van der Waals surface area contributed by atoms with Crippen molar-refractivity contribution in [3.05, 3.63) is 34.3 Å². The van der Waals surface area contributed by atoms with Gasteiger partial charge in [0, 0.05) is 17.1 Å². The minimum atomic E-state index is -0.280. The zero-order chi connectivity index (χ0) is 11.3. The molecule has 0 radical (unpaired) electrons. The lowest BCUT2D eigenvalue weighted by atomic mass is 10.1. The molecule has 0 aromatic heterocycles. The molecule has 0 aliphatic rings. The van der Waals surface area contributed by atoms with Crippen molar-refractivity contribution in [3.63, 3.8) is 0 Å². The largest absolute Gasteiger partial charge is 0.392 e. The Morgan fingerprint density at radius 3 is 2.40 bits per heavy atom. The zero-order valence-electron chi connectivity index (χ0n) is 9.20. The smallest absolute Gasteiger partial charge is 0.0636 e. The van der Waals surface area contributed by atoms with Crippen molar-refractivity contribution in [2.75, 3.05) is 6.54 Å². The Morgan fingerprint density at radius 2 is 1.87 bits per heavy atom. The van der Waals surface area contributed by atoms with Gasteiger partial charge in [-0.3, -0.25) is 0 Å². The first-order valence-corrected chi connectivity index (χ1v) is 6.03. The van der Waals surface area contributed by atoms with Gasteiger partial charge < -0.3 is 10.4 Å². The molecule has 2 N–H and O–H groups in total. The first-order chi connectivity index (χ1) is 7.08. The van der Waals surface area contributed by atoms with E-state index in [9.17, 15) is 0 Å². The minimum Gasteiger partial charge on any atom is -0.392 e. The van der Waals surface area contributed by atoms with E-state index < -0.39 is 0 Å². The highest BCUT2D eigenvalue weighted by Gasteiger charge is 2.04. The van der Waals surface area contributed by atoms with Crippen molar-refractivity contribution in [1.82, 2.24) is 5.32 Å². The number of aliphatic hydroxyl groups excluding tert-OH is 1. The number of rotatable bonds is 5. The van der Waals surface area contributed by atoms with Gasteiger partial charge in [-0.2, -0.15) is 0 Å². The van der Waals surface area contributed by atoms with Crippen molar-refractivity contribution < 1.29 is 5.11 Å². The first kappa shape index (κ1) is 12.7. The van der Waals surface area contributed by atoms with Gasteiger partial charge in [-0.1, -0.05) is 28.1 Å². The maximum atomic E-state index is 9.14. The second-order valence-corrected chi connectivity index (χ2v) is 4.90. The van der Waals surface area contributed by atoms with Crippen LogP contribution in [0.4, 0.5) is 0 Å². The summed E-state index contributed by atoms with van der Waals surface area (Å²) >= 11 is 3.41. The molecule has 0 fully saturated rings. The third-order valence-corrected chi connectivity index (χ3v) is 2.75. The molecule has 1 rings (SSSR count). The van der Waals surface area contributed by atoms with E-state index in [4.69, 9.17) is 5.11 Å². The molecule has 3 heteroatoms. The van der Waals surface area contributed by atoms with E-state index in [1.165, 1.54) is 5.56 Å². The van der Waals surface area contributed by atoms with Crippen LogP contribution >= 0.6 is 15.9 Å². The van der Waals surface area contributed by atoms with E-state index in [0.717, 1.165) is 10.9 Å². The summed E-state index contributed by atoms with van der Waals surface area (Å²) in [6.07, 6.45) is 0.706. The van der Waals surface area contributed by atoms with Crippen molar-refractivity contribution in [2.24, 2.45) is 0 Å². The Kier molecular flexibility index (Phi) is 5.29. The number of hydrogen-bond acceptors (Lipinski definition) is 2. The van der Waals surface area contributed by atoms with E-state index in [-0.39, 0.29) is 6.10 Å². The molecule has 0 aliphatic carbocycles. The van der Waals surface area contributed by atoms with Gasteiger partial charge in [0.15, 0.2) is 0 Å². The molecule has 0 spiro atoms. The number of halogens is 1. The number of nitrogens with one attached hydrogen (secondary N) is 1. The monoisotopic (exact) mass is 271 g/mol. The Bertz CT molecular complexity index is 284. The van der Waals surface area contributed by atoms with E-state index >= 15 is 0 Å². The van der Waals surface area contributed by atoms with Gasteiger partial charge in [0.05, 0.1) is 6.10 Å². The van der Waals surface area contributed by atoms with Crippen LogP contribution in [0.2, 0.25) is 0 Å². The lowest BCUT2D eigenvalue weighted by Gasteiger charge is -2.15. The predicted octanol–water partition coefficient (Wildman–Crippen LogP) is 2.35. The standard InChI is InChI=1S/C12H18BrNO/c1-9(14-8-10(2)15)7-11-3-5-12(13)6-4-11/h3-6,9-10,14-15H,7-8H2,1-2H3/t9-,10+/m0/s1. The van der Waals surface area contributed by atoms with E-state index in [0.29, 0.717) is 12.6 Å². The predicted molar refractivity (Wildman–Crippen MR) is 67.0 cm³/mol. The van der Waals surface area contributed by atoms with E-state index in [1.807, 2.05) is 0 Å². The van der Waals surface area contributed by atoms with Gasteiger partial charge in [0.25, 0.3) is 0 Å². The fourth-order valence-corrected chi connectivity index (χ4v) is 1.68. The van der Waals surface area contributed by atoms with Crippen LogP contribution in [-0.2, 0) is 6.42 Å². The number of hydrogen-bond donors (Lipinski definition) is 2. The molecule has 1 aromatic carbocycles. The summed E-state index contributed by atoms with van der Waals surface area (Å²) in [4.78, 5) is 0. The highest BCUT2D eigenvalue weighted by molar-refractivity contribution is 9.10. The maximum Gasteiger partial charge on any atom is 0.0636 e.